The predicted molar refractivity (Wildman–Crippen MR) is 77.2 cm³/mol. The summed E-state index contributed by atoms with van der Waals surface area (Å²) in [6, 6.07) is 13.7. The highest BCUT2D eigenvalue weighted by molar-refractivity contribution is 5.41. The van der Waals surface area contributed by atoms with Crippen molar-refractivity contribution >= 4 is 0 Å². The predicted octanol–water partition coefficient (Wildman–Crippen LogP) is 2.25. The zero-order valence-electron chi connectivity index (χ0n) is 11.3. The Hall–Kier alpha value is -3.00. The molecular formula is C16H13N5. The molecule has 0 radical (unpaired) electrons. The van der Waals surface area contributed by atoms with E-state index < -0.39 is 5.41 Å². The largest absolute Gasteiger partial charge is 0.349 e. The molecule has 5 heteroatoms. The van der Waals surface area contributed by atoms with Gasteiger partial charge in [-0.3, -0.25) is 0 Å². The first-order valence-electron chi connectivity index (χ1n) is 6.58. The summed E-state index contributed by atoms with van der Waals surface area (Å²) in [6.07, 6.45) is 7.12. The summed E-state index contributed by atoms with van der Waals surface area (Å²) >= 11 is 0. The summed E-state index contributed by atoms with van der Waals surface area (Å²) in [4.78, 5) is 15.9. The number of nitrogens with zero attached hydrogens (tertiary/aromatic N) is 4. The minimum absolute atomic E-state index is 0.393. The molecule has 0 spiro atoms. The van der Waals surface area contributed by atoms with Gasteiger partial charge in [-0.1, -0.05) is 30.3 Å². The van der Waals surface area contributed by atoms with Gasteiger partial charge in [0.2, 0.25) is 0 Å². The van der Waals surface area contributed by atoms with Crippen LogP contribution in [0.1, 0.15) is 17.2 Å². The molecule has 5 nitrogen and oxygen atoms in total. The van der Waals surface area contributed by atoms with Crippen molar-refractivity contribution in [3.05, 3.63) is 78.4 Å². The average Bonchev–Trinajstić information content (AvgIpc) is 3.07. The summed E-state index contributed by atoms with van der Waals surface area (Å²) in [5.74, 6) is 1.21. The number of hydrogen-bond acceptors (Lipinski definition) is 4. The number of imidazole rings is 1. The van der Waals surface area contributed by atoms with Crippen LogP contribution in [0.3, 0.4) is 0 Å². The van der Waals surface area contributed by atoms with Crippen molar-refractivity contribution in [2.75, 3.05) is 0 Å². The molecule has 1 atom stereocenters. The Balaban J connectivity index is 2.16. The van der Waals surface area contributed by atoms with Gasteiger partial charge in [0.05, 0.1) is 6.07 Å². The lowest BCUT2D eigenvalue weighted by molar-refractivity contribution is 0.588. The lowest BCUT2D eigenvalue weighted by Gasteiger charge is -2.24. The van der Waals surface area contributed by atoms with Crippen LogP contribution in [-0.2, 0) is 11.8 Å². The Kier molecular flexibility index (Phi) is 3.44. The van der Waals surface area contributed by atoms with Crippen molar-refractivity contribution in [2.24, 2.45) is 0 Å². The topological polar surface area (TPSA) is 78.2 Å². The van der Waals surface area contributed by atoms with Gasteiger partial charge in [0, 0.05) is 31.2 Å². The fourth-order valence-corrected chi connectivity index (χ4v) is 2.35. The Morgan fingerprint density at radius 2 is 1.76 bits per heavy atom. The molecule has 0 amide bonds. The van der Waals surface area contributed by atoms with Gasteiger partial charge in [0.1, 0.15) is 11.2 Å². The zero-order valence-corrected chi connectivity index (χ0v) is 11.3. The summed E-state index contributed by atoms with van der Waals surface area (Å²) < 4.78 is 0. The SMILES string of the molecule is N#CC(Cc1ncc[nH]1)(c1ccccc1)c1ncccn1. The molecule has 0 aliphatic heterocycles. The Morgan fingerprint density at radius 3 is 2.38 bits per heavy atom. The minimum Gasteiger partial charge on any atom is -0.349 e. The Bertz CT molecular complexity index is 690. The Morgan fingerprint density at radius 1 is 1.00 bits per heavy atom. The van der Waals surface area contributed by atoms with E-state index in [1.165, 1.54) is 0 Å². The van der Waals surface area contributed by atoms with Crippen LogP contribution in [0, 0.1) is 11.3 Å². The molecule has 1 aromatic carbocycles. The van der Waals surface area contributed by atoms with E-state index in [-0.39, 0.29) is 0 Å². The van der Waals surface area contributed by atoms with Crippen LogP contribution < -0.4 is 0 Å². The van der Waals surface area contributed by atoms with Crippen molar-refractivity contribution in [1.82, 2.24) is 19.9 Å². The smallest absolute Gasteiger partial charge is 0.153 e. The highest BCUT2D eigenvalue weighted by Crippen LogP contribution is 2.32. The second-order valence-electron chi connectivity index (χ2n) is 4.67. The van der Waals surface area contributed by atoms with Gasteiger partial charge >= 0.3 is 0 Å². The molecule has 0 fully saturated rings. The molecule has 0 aliphatic carbocycles. The lowest BCUT2D eigenvalue weighted by Crippen LogP contribution is -2.31. The molecule has 1 unspecified atom stereocenters. The van der Waals surface area contributed by atoms with Gasteiger partial charge in [-0.15, -0.1) is 0 Å². The number of hydrogen-bond donors (Lipinski definition) is 1. The molecular weight excluding hydrogens is 262 g/mol. The van der Waals surface area contributed by atoms with Crippen molar-refractivity contribution in [1.29, 1.82) is 5.26 Å². The molecule has 3 aromatic rings. The molecule has 2 heterocycles. The number of benzene rings is 1. The number of H-pyrrole nitrogens is 1. The number of nitriles is 1. The molecule has 0 bridgehead atoms. The molecule has 102 valence electrons. The second-order valence-corrected chi connectivity index (χ2v) is 4.67. The highest BCUT2D eigenvalue weighted by atomic mass is 14.9. The van der Waals surface area contributed by atoms with E-state index in [2.05, 4.69) is 26.0 Å². The third kappa shape index (κ3) is 2.39. The first kappa shape index (κ1) is 13.0. The van der Waals surface area contributed by atoms with Crippen LogP contribution in [-0.4, -0.2) is 19.9 Å². The fourth-order valence-electron chi connectivity index (χ4n) is 2.35. The molecule has 3 rings (SSSR count). The standard InChI is InChI=1S/C16H13N5/c17-12-16(11-14-18-9-10-19-14,13-5-2-1-3-6-13)15-20-7-4-8-21-15/h1-10H,11H2,(H,18,19). The average molecular weight is 275 g/mol. The maximum absolute atomic E-state index is 9.91. The molecule has 0 saturated heterocycles. The number of aromatic amines is 1. The van der Waals surface area contributed by atoms with E-state index >= 15 is 0 Å². The first-order valence-corrected chi connectivity index (χ1v) is 6.58. The second kappa shape index (κ2) is 5.55. The summed E-state index contributed by atoms with van der Waals surface area (Å²) in [6.45, 7) is 0. The van der Waals surface area contributed by atoms with Gasteiger partial charge < -0.3 is 4.98 Å². The first-order chi connectivity index (χ1) is 10.3. The van der Waals surface area contributed by atoms with Gasteiger partial charge in [-0.05, 0) is 11.6 Å². The Labute approximate surface area is 122 Å². The van der Waals surface area contributed by atoms with E-state index in [0.717, 1.165) is 11.4 Å². The van der Waals surface area contributed by atoms with Crippen LogP contribution in [0.5, 0.6) is 0 Å². The maximum atomic E-state index is 9.91. The highest BCUT2D eigenvalue weighted by Gasteiger charge is 2.38. The number of aromatic nitrogens is 4. The van der Waals surface area contributed by atoms with Crippen molar-refractivity contribution < 1.29 is 0 Å². The van der Waals surface area contributed by atoms with Crippen molar-refractivity contribution in [2.45, 2.75) is 11.8 Å². The molecule has 2 aromatic heterocycles. The van der Waals surface area contributed by atoms with Crippen LogP contribution >= 0.6 is 0 Å². The van der Waals surface area contributed by atoms with E-state index in [4.69, 9.17) is 0 Å². The summed E-state index contributed by atoms with van der Waals surface area (Å²) in [7, 11) is 0. The fraction of sp³-hybridized carbons (Fsp3) is 0.125. The van der Waals surface area contributed by atoms with Crippen LogP contribution in [0.15, 0.2) is 61.2 Å². The van der Waals surface area contributed by atoms with Crippen molar-refractivity contribution in [3.8, 4) is 6.07 Å². The zero-order chi connectivity index (χ0) is 14.5. The third-order valence-electron chi connectivity index (χ3n) is 3.39. The third-order valence-corrected chi connectivity index (χ3v) is 3.39. The number of rotatable bonds is 4. The van der Waals surface area contributed by atoms with Gasteiger partial charge in [-0.2, -0.15) is 5.26 Å². The number of nitrogens with one attached hydrogen (secondary N) is 1. The van der Waals surface area contributed by atoms with Crippen molar-refractivity contribution in [3.63, 3.8) is 0 Å². The normalized spacial score (nSPS) is 13.3. The van der Waals surface area contributed by atoms with E-state index in [9.17, 15) is 5.26 Å². The van der Waals surface area contributed by atoms with Crippen LogP contribution in [0.2, 0.25) is 0 Å². The summed E-state index contributed by atoms with van der Waals surface area (Å²) in [5.41, 5.74) is -0.101. The lowest BCUT2D eigenvalue weighted by atomic mass is 9.77. The van der Waals surface area contributed by atoms with Crippen LogP contribution in [0.4, 0.5) is 0 Å². The van der Waals surface area contributed by atoms with Gasteiger partial charge in [0.25, 0.3) is 0 Å². The van der Waals surface area contributed by atoms with Gasteiger partial charge in [0.15, 0.2) is 5.82 Å². The monoisotopic (exact) mass is 275 g/mol. The van der Waals surface area contributed by atoms with Gasteiger partial charge in [-0.25, -0.2) is 15.0 Å². The molecule has 21 heavy (non-hydrogen) atoms. The molecule has 0 saturated carbocycles. The van der Waals surface area contributed by atoms with E-state index in [1.54, 1.807) is 30.9 Å². The van der Waals surface area contributed by atoms with E-state index in [1.807, 2.05) is 30.3 Å². The summed E-state index contributed by atoms with van der Waals surface area (Å²) in [5, 5.41) is 9.91. The van der Waals surface area contributed by atoms with Crippen LogP contribution in [0.25, 0.3) is 0 Å². The molecule has 0 aliphatic rings. The minimum atomic E-state index is -0.958. The van der Waals surface area contributed by atoms with E-state index in [0.29, 0.717) is 12.2 Å². The quantitative estimate of drug-likeness (QED) is 0.792. The maximum Gasteiger partial charge on any atom is 0.153 e. The molecule has 1 N–H and O–H groups in total.